The Balaban J connectivity index is 2.08. The number of ether oxygens (including phenoxy) is 1. The van der Waals surface area contributed by atoms with E-state index in [0.29, 0.717) is 28.0 Å². The molecule has 5 heteroatoms. The van der Waals surface area contributed by atoms with Crippen LogP contribution in [0.3, 0.4) is 0 Å². The molecule has 0 radical (unpaired) electrons. The van der Waals surface area contributed by atoms with Crippen molar-refractivity contribution in [2.24, 2.45) is 0 Å². The number of methoxy groups -OCH3 is 1. The van der Waals surface area contributed by atoms with Crippen molar-refractivity contribution in [3.05, 3.63) is 58.6 Å². The molecule has 2 aromatic carbocycles. The predicted octanol–water partition coefficient (Wildman–Crippen LogP) is 3.38. The molecule has 1 atom stereocenters. The molecule has 0 aliphatic heterocycles. The molecule has 0 aliphatic carbocycles. The Hall–Kier alpha value is -1.52. The molecule has 0 amide bonds. The van der Waals surface area contributed by atoms with Gasteiger partial charge in [0.05, 0.1) is 12.9 Å². The third-order valence-corrected chi connectivity index (χ3v) is 4.48. The molecule has 0 saturated carbocycles. The highest BCUT2D eigenvalue weighted by atomic mass is 35.5. The molecule has 2 rings (SSSR count). The lowest BCUT2D eigenvalue weighted by molar-refractivity contribution is 0.414. The highest BCUT2D eigenvalue weighted by Crippen LogP contribution is 2.22. The minimum Gasteiger partial charge on any atom is -0.497 e. The van der Waals surface area contributed by atoms with Crippen LogP contribution in [0.15, 0.2) is 42.5 Å². The molecular formula is C15H16ClNO2S. The van der Waals surface area contributed by atoms with Gasteiger partial charge in [-0.2, -0.15) is 0 Å². The van der Waals surface area contributed by atoms with Crippen molar-refractivity contribution in [3.63, 3.8) is 0 Å². The first kappa shape index (κ1) is 14.9. The summed E-state index contributed by atoms with van der Waals surface area (Å²) in [5.41, 5.74) is 8.18. The normalized spacial score (nSPS) is 12.1. The van der Waals surface area contributed by atoms with Gasteiger partial charge in [0, 0.05) is 33.3 Å². The molecule has 106 valence electrons. The van der Waals surface area contributed by atoms with Crippen LogP contribution >= 0.6 is 11.6 Å². The molecule has 0 saturated heterocycles. The molecular weight excluding hydrogens is 294 g/mol. The van der Waals surface area contributed by atoms with Crippen LogP contribution in [-0.2, 0) is 22.3 Å². The second-order valence-corrected chi connectivity index (χ2v) is 6.30. The fourth-order valence-corrected chi connectivity index (χ4v) is 3.43. The lowest BCUT2D eigenvalue weighted by atomic mass is 10.2. The topological polar surface area (TPSA) is 52.3 Å². The summed E-state index contributed by atoms with van der Waals surface area (Å²) >= 11 is 6.07. The van der Waals surface area contributed by atoms with Crippen LogP contribution in [0.25, 0.3) is 0 Å². The molecule has 3 nitrogen and oxygen atoms in total. The van der Waals surface area contributed by atoms with Crippen molar-refractivity contribution >= 4 is 28.1 Å². The van der Waals surface area contributed by atoms with Gasteiger partial charge in [0.15, 0.2) is 0 Å². The Kier molecular flexibility index (Phi) is 5.04. The fourth-order valence-electron chi connectivity index (χ4n) is 1.91. The van der Waals surface area contributed by atoms with Crippen LogP contribution in [0.5, 0.6) is 5.75 Å². The Morgan fingerprint density at radius 1 is 1.20 bits per heavy atom. The van der Waals surface area contributed by atoms with Crippen LogP contribution in [0, 0.1) is 0 Å². The molecule has 0 bridgehead atoms. The van der Waals surface area contributed by atoms with E-state index in [2.05, 4.69) is 0 Å². The van der Waals surface area contributed by atoms with Crippen molar-refractivity contribution in [2.75, 3.05) is 12.8 Å². The van der Waals surface area contributed by atoms with Crippen molar-refractivity contribution in [1.29, 1.82) is 0 Å². The number of anilines is 1. The lowest BCUT2D eigenvalue weighted by Gasteiger charge is -2.08. The second kappa shape index (κ2) is 6.77. The van der Waals surface area contributed by atoms with Crippen LogP contribution in [0.2, 0.25) is 5.02 Å². The van der Waals surface area contributed by atoms with Gasteiger partial charge in [-0.15, -0.1) is 0 Å². The first-order valence-corrected chi connectivity index (χ1v) is 7.97. The SMILES string of the molecule is COc1cc(N)cc(CS(=O)Cc2ccccc2Cl)c1. The second-order valence-electron chi connectivity index (χ2n) is 4.43. The summed E-state index contributed by atoms with van der Waals surface area (Å²) < 4.78 is 17.4. The van der Waals surface area contributed by atoms with Crippen LogP contribution in [-0.4, -0.2) is 11.3 Å². The molecule has 2 N–H and O–H groups in total. The summed E-state index contributed by atoms with van der Waals surface area (Å²) in [6.07, 6.45) is 0. The molecule has 0 spiro atoms. The third-order valence-electron chi connectivity index (χ3n) is 2.83. The van der Waals surface area contributed by atoms with E-state index in [1.165, 1.54) is 0 Å². The van der Waals surface area contributed by atoms with Crippen LogP contribution in [0.1, 0.15) is 11.1 Å². The van der Waals surface area contributed by atoms with Gasteiger partial charge in [-0.05, 0) is 29.3 Å². The van der Waals surface area contributed by atoms with Crippen LogP contribution < -0.4 is 10.5 Å². The zero-order valence-electron chi connectivity index (χ0n) is 11.1. The monoisotopic (exact) mass is 309 g/mol. The Bertz CT molecular complexity index is 631. The zero-order chi connectivity index (χ0) is 14.5. The number of hydrogen-bond donors (Lipinski definition) is 1. The average molecular weight is 310 g/mol. The van der Waals surface area contributed by atoms with E-state index in [0.717, 1.165) is 11.1 Å². The van der Waals surface area contributed by atoms with Crippen molar-refractivity contribution in [3.8, 4) is 5.75 Å². The summed E-state index contributed by atoms with van der Waals surface area (Å²) in [6, 6.07) is 12.8. The predicted molar refractivity (Wildman–Crippen MR) is 84.4 cm³/mol. The van der Waals surface area contributed by atoms with E-state index in [9.17, 15) is 4.21 Å². The Morgan fingerprint density at radius 2 is 1.95 bits per heavy atom. The average Bonchev–Trinajstić information content (AvgIpc) is 2.40. The maximum atomic E-state index is 12.2. The summed E-state index contributed by atoms with van der Waals surface area (Å²) in [5, 5.41) is 0.644. The third kappa shape index (κ3) is 3.99. The first-order valence-electron chi connectivity index (χ1n) is 6.10. The quantitative estimate of drug-likeness (QED) is 0.861. The van der Waals surface area contributed by atoms with Gasteiger partial charge in [-0.3, -0.25) is 4.21 Å². The molecule has 0 aliphatic rings. The maximum absolute atomic E-state index is 12.2. The van der Waals surface area contributed by atoms with E-state index in [-0.39, 0.29) is 0 Å². The molecule has 0 heterocycles. The number of hydrogen-bond acceptors (Lipinski definition) is 3. The van der Waals surface area contributed by atoms with Gasteiger partial charge < -0.3 is 10.5 Å². The number of benzene rings is 2. The summed E-state index contributed by atoms with van der Waals surface area (Å²) in [6.45, 7) is 0. The van der Waals surface area contributed by atoms with Crippen molar-refractivity contribution in [2.45, 2.75) is 11.5 Å². The van der Waals surface area contributed by atoms with E-state index < -0.39 is 10.8 Å². The molecule has 0 aromatic heterocycles. The minimum atomic E-state index is -1.05. The maximum Gasteiger partial charge on any atom is 0.121 e. The number of nitrogen functional groups attached to an aromatic ring is 1. The molecule has 0 fully saturated rings. The largest absolute Gasteiger partial charge is 0.497 e. The summed E-state index contributed by atoms with van der Waals surface area (Å²) in [5.74, 6) is 1.53. The molecule has 1 unspecified atom stereocenters. The smallest absolute Gasteiger partial charge is 0.121 e. The minimum absolute atomic E-state index is 0.423. The first-order chi connectivity index (χ1) is 9.58. The van der Waals surface area contributed by atoms with E-state index >= 15 is 0 Å². The van der Waals surface area contributed by atoms with Gasteiger partial charge in [-0.1, -0.05) is 29.8 Å². The fraction of sp³-hybridized carbons (Fsp3) is 0.200. The number of halogens is 1. The van der Waals surface area contributed by atoms with E-state index in [1.807, 2.05) is 30.3 Å². The summed E-state index contributed by atoms with van der Waals surface area (Å²) in [4.78, 5) is 0. The van der Waals surface area contributed by atoms with E-state index in [1.54, 1.807) is 19.2 Å². The number of rotatable bonds is 5. The lowest BCUT2D eigenvalue weighted by Crippen LogP contribution is -2.01. The standard InChI is InChI=1S/C15H16ClNO2S/c1-19-14-7-11(6-13(17)8-14)9-20(18)10-12-4-2-3-5-15(12)16/h2-8H,9-10,17H2,1H3. The van der Waals surface area contributed by atoms with Gasteiger partial charge in [0.1, 0.15) is 5.75 Å². The van der Waals surface area contributed by atoms with Gasteiger partial charge >= 0.3 is 0 Å². The van der Waals surface area contributed by atoms with Gasteiger partial charge in [0.2, 0.25) is 0 Å². The Morgan fingerprint density at radius 3 is 2.65 bits per heavy atom. The van der Waals surface area contributed by atoms with Gasteiger partial charge in [-0.25, -0.2) is 0 Å². The molecule has 2 aromatic rings. The number of nitrogens with two attached hydrogens (primary N) is 1. The van der Waals surface area contributed by atoms with Crippen LogP contribution in [0.4, 0.5) is 5.69 Å². The highest BCUT2D eigenvalue weighted by molar-refractivity contribution is 7.83. The zero-order valence-corrected chi connectivity index (χ0v) is 12.7. The van der Waals surface area contributed by atoms with Crippen molar-refractivity contribution < 1.29 is 8.95 Å². The molecule has 20 heavy (non-hydrogen) atoms. The van der Waals surface area contributed by atoms with E-state index in [4.69, 9.17) is 22.1 Å². The Labute approximate surface area is 126 Å². The summed E-state index contributed by atoms with van der Waals surface area (Å²) in [7, 11) is 0.536. The van der Waals surface area contributed by atoms with Gasteiger partial charge in [0.25, 0.3) is 0 Å². The highest BCUT2D eigenvalue weighted by Gasteiger charge is 2.08. The van der Waals surface area contributed by atoms with Crippen molar-refractivity contribution in [1.82, 2.24) is 0 Å².